The van der Waals surface area contributed by atoms with Crippen LogP contribution in [0.2, 0.25) is 4.34 Å². The minimum absolute atomic E-state index is 0.547. The highest BCUT2D eigenvalue weighted by molar-refractivity contribution is 7.16. The van der Waals surface area contributed by atoms with Crippen LogP contribution in [0.25, 0.3) is 0 Å². The standard InChI is InChI=1S/C11H16ClNS/c1-2-13-11(8-4-3-5-8)9-6-7-10(12)14-9/h6-8,11,13H,2-5H2,1H3. The molecule has 1 unspecified atom stereocenters. The topological polar surface area (TPSA) is 12.0 Å². The van der Waals surface area contributed by atoms with Crippen LogP contribution in [0.15, 0.2) is 12.1 Å². The molecule has 1 atom stereocenters. The summed E-state index contributed by atoms with van der Waals surface area (Å²) in [6, 6.07) is 4.72. The molecule has 1 aliphatic rings. The fourth-order valence-electron chi connectivity index (χ4n) is 1.99. The lowest BCUT2D eigenvalue weighted by molar-refractivity contribution is 0.236. The monoisotopic (exact) mass is 229 g/mol. The molecule has 0 spiro atoms. The summed E-state index contributed by atoms with van der Waals surface area (Å²) in [5.74, 6) is 0.838. The third kappa shape index (κ3) is 2.13. The molecule has 0 aromatic carbocycles. The third-order valence-corrected chi connectivity index (χ3v) is 4.26. The molecule has 1 aromatic rings. The number of nitrogens with one attached hydrogen (secondary N) is 1. The van der Waals surface area contributed by atoms with Gasteiger partial charge >= 0.3 is 0 Å². The molecule has 14 heavy (non-hydrogen) atoms. The lowest BCUT2D eigenvalue weighted by atomic mass is 9.79. The van der Waals surface area contributed by atoms with E-state index in [2.05, 4.69) is 18.3 Å². The predicted molar refractivity (Wildman–Crippen MR) is 63.1 cm³/mol. The second-order valence-corrected chi connectivity index (χ2v) is 5.61. The fourth-order valence-corrected chi connectivity index (χ4v) is 3.22. The van der Waals surface area contributed by atoms with E-state index in [1.54, 1.807) is 11.3 Å². The minimum Gasteiger partial charge on any atom is -0.309 e. The molecule has 0 aliphatic heterocycles. The quantitative estimate of drug-likeness (QED) is 0.827. The molecule has 1 aromatic heterocycles. The van der Waals surface area contributed by atoms with Gasteiger partial charge in [-0.2, -0.15) is 0 Å². The first kappa shape index (κ1) is 10.5. The molecule has 3 heteroatoms. The van der Waals surface area contributed by atoms with Crippen molar-refractivity contribution in [2.75, 3.05) is 6.54 Å². The van der Waals surface area contributed by atoms with Crippen LogP contribution in [-0.4, -0.2) is 6.54 Å². The van der Waals surface area contributed by atoms with Gasteiger partial charge in [-0.3, -0.25) is 0 Å². The second-order valence-electron chi connectivity index (χ2n) is 3.87. The first-order valence-corrected chi connectivity index (χ1v) is 6.49. The van der Waals surface area contributed by atoms with Crippen LogP contribution in [0.1, 0.15) is 37.1 Å². The molecule has 1 fully saturated rings. The van der Waals surface area contributed by atoms with Gasteiger partial charge in [0.25, 0.3) is 0 Å². The third-order valence-electron chi connectivity index (χ3n) is 2.95. The molecule has 0 bridgehead atoms. The van der Waals surface area contributed by atoms with Crippen LogP contribution in [0, 0.1) is 5.92 Å². The molecule has 1 N–H and O–H groups in total. The summed E-state index contributed by atoms with van der Waals surface area (Å²) >= 11 is 7.68. The van der Waals surface area contributed by atoms with Gasteiger partial charge in [-0.25, -0.2) is 0 Å². The lowest BCUT2D eigenvalue weighted by Crippen LogP contribution is -2.31. The number of rotatable bonds is 4. The van der Waals surface area contributed by atoms with E-state index in [0.717, 1.165) is 16.8 Å². The highest BCUT2D eigenvalue weighted by Gasteiger charge is 2.28. The van der Waals surface area contributed by atoms with Crippen LogP contribution >= 0.6 is 22.9 Å². The van der Waals surface area contributed by atoms with Crippen LogP contribution in [0.3, 0.4) is 0 Å². The van der Waals surface area contributed by atoms with E-state index in [1.165, 1.54) is 24.1 Å². The van der Waals surface area contributed by atoms with E-state index >= 15 is 0 Å². The van der Waals surface area contributed by atoms with Gasteiger partial charge < -0.3 is 5.32 Å². The zero-order valence-corrected chi connectivity index (χ0v) is 10.00. The zero-order chi connectivity index (χ0) is 9.97. The molecule has 0 radical (unpaired) electrons. The molecular weight excluding hydrogens is 214 g/mol. The molecule has 1 saturated carbocycles. The summed E-state index contributed by atoms with van der Waals surface area (Å²) in [6.07, 6.45) is 4.13. The van der Waals surface area contributed by atoms with Crippen LogP contribution in [0.4, 0.5) is 0 Å². The number of thiophene rings is 1. The van der Waals surface area contributed by atoms with Crippen molar-refractivity contribution >= 4 is 22.9 Å². The summed E-state index contributed by atoms with van der Waals surface area (Å²) in [6.45, 7) is 3.21. The highest BCUT2D eigenvalue weighted by Crippen LogP contribution is 2.40. The molecule has 1 heterocycles. The van der Waals surface area contributed by atoms with E-state index in [9.17, 15) is 0 Å². The molecule has 0 saturated heterocycles. The maximum absolute atomic E-state index is 5.96. The summed E-state index contributed by atoms with van der Waals surface area (Å²) in [7, 11) is 0. The van der Waals surface area contributed by atoms with Crippen LogP contribution < -0.4 is 5.32 Å². The normalized spacial score (nSPS) is 19.3. The van der Waals surface area contributed by atoms with Crippen LogP contribution in [-0.2, 0) is 0 Å². The van der Waals surface area contributed by atoms with Crippen molar-refractivity contribution in [1.82, 2.24) is 5.32 Å². The van der Waals surface area contributed by atoms with Gasteiger partial charge in [-0.05, 0) is 37.4 Å². The second kappa shape index (κ2) is 4.65. The Hall–Kier alpha value is -0.0500. The Bertz CT molecular complexity index is 293. The van der Waals surface area contributed by atoms with E-state index in [0.29, 0.717) is 6.04 Å². The summed E-state index contributed by atoms with van der Waals surface area (Å²) in [4.78, 5) is 1.40. The SMILES string of the molecule is CCNC(c1ccc(Cl)s1)C1CCC1. The molecule has 78 valence electrons. The molecule has 1 aliphatic carbocycles. The van der Waals surface area contributed by atoms with E-state index in [-0.39, 0.29) is 0 Å². The van der Waals surface area contributed by atoms with Crippen molar-refractivity contribution in [3.05, 3.63) is 21.3 Å². The summed E-state index contributed by atoms with van der Waals surface area (Å²) in [5.41, 5.74) is 0. The van der Waals surface area contributed by atoms with Gasteiger partial charge in [0, 0.05) is 10.9 Å². The fraction of sp³-hybridized carbons (Fsp3) is 0.636. The maximum Gasteiger partial charge on any atom is 0.0931 e. The van der Waals surface area contributed by atoms with E-state index in [1.807, 2.05) is 6.07 Å². The first-order valence-electron chi connectivity index (χ1n) is 5.30. The van der Waals surface area contributed by atoms with E-state index < -0.39 is 0 Å². The summed E-state index contributed by atoms with van der Waals surface area (Å²) in [5, 5.41) is 3.57. The Morgan fingerprint density at radius 3 is 2.79 bits per heavy atom. The van der Waals surface area contributed by atoms with Gasteiger partial charge in [0.2, 0.25) is 0 Å². The lowest BCUT2D eigenvalue weighted by Gasteiger charge is -2.33. The van der Waals surface area contributed by atoms with Gasteiger partial charge in [0.15, 0.2) is 0 Å². The van der Waals surface area contributed by atoms with Crippen molar-refractivity contribution in [1.29, 1.82) is 0 Å². The van der Waals surface area contributed by atoms with Gasteiger partial charge in [0.1, 0.15) is 0 Å². The number of hydrogen-bond donors (Lipinski definition) is 1. The maximum atomic E-state index is 5.96. The Kier molecular flexibility index (Phi) is 3.47. The number of halogens is 1. The average molecular weight is 230 g/mol. The minimum atomic E-state index is 0.547. The van der Waals surface area contributed by atoms with Gasteiger partial charge in [-0.15, -0.1) is 11.3 Å². The van der Waals surface area contributed by atoms with E-state index in [4.69, 9.17) is 11.6 Å². The van der Waals surface area contributed by atoms with Crippen molar-refractivity contribution in [3.63, 3.8) is 0 Å². The Labute approximate surface area is 94.5 Å². The molecule has 0 amide bonds. The molecule has 2 rings (SSSR count). The van der Waals surface area contributed by atoms with Gasteiger partial charge in [0.05, 0.1) is 4.34 Å². The van der Waals surface area contributed by atoms with Crippen molar-refractivity contribution < 1.29 is 0 Å². The Morgan fingerprint density at radius 2 is 2.36 bits per heavy atom. The Balaban J connectivity index is 2.09. The Morgan fingerprint density at radius 1 is 1.57 bits per heavy atom. The van der Waals surface area contributed by atoms with Crippen molar-refractivity contribution in [2.45, 2.75) is 32.2 Å². The van der Waals surface area contributed by atoms with Crippen LogP contribution in [0.5, 0.6) is 0 Å². The van der Waals surface area contributed by atoms with Crippen molar-refractivity contribution in [3.8, 4) is 0 Å². The predicted octanol–water partition coefficient (Wildman–Crippen LogP) is 3.85. The summed E-state index contributed by atoms with van der Waals surface area (Å²) < 4.78 is 0.905. The molecule has 1 nitrogen and oxygen atoms in total. The first-order chi connectivity index (χ1) is 6.81. The van der Waals surface area contributed by atoms with Gasteiger partial charge in [-0.1, -0.05) is 24.9 Å². The number of hydrogen-bond acceptors (Lipinski definition) is 2. The zero-order valence-electron chi connectivity index (χ0n) is 8.42. The molecular formula is C11H16ClNS. The highest BCUT2D eigenvalue weighted by atomic mass is 35.5. The average Bonchev–Trinajstić information content (AvgIpc) is 2.48. The largest absolute Gasteiger partial charge is 0.309 e. The smallest absolute Gasteiger partial charge is 0.0931 e. The van der Waals surface area contributed by atoms with Crippen molar-refractivity contribution in [2.24, 2.45) is 5.92 Å².